The van der Waals surface area contributed by atoms with Crippen LogP contribution >= 0.6 is 0 Å². The summed E-state index contributed by atoms with van der Waals surface area (Å²) in [4.78, 5) is 7.98. The van der Waals surface area contributed by atoms with Crippen LogP contribution < -0.4 is 0 Å². The Labute approximate surface area is 83.3 Å². The van der Waals surface area contributed by atoms with Crippen LogP contribution in [-0.4, -0.2) is 24.6 Å². The summed E-state index contributed by atoms with van der Waals surface area (Å²) >= 11 is 0. The molecule has 0 saturated heterocycles. The molecular formula is C9H12N2O2S. The first kappa shape index (κ1) is 9.58. The number of sulfone groups is 1. The molecule has 0 aliphatic heterocycles. The van der Waals surface area contributed by atoms with Crippen molar-refractivity contribution in [2.45, 2.75) is 30.7 Å². The predicted molar refractivity (Wildman–Crippen MR) is 51.8 cm³/mol. The second kappa shape index (κ2) is 3.31. The molecule has 2 rings (SSSR count). The lowest BCUT2D eigenvalue weighted by molar-refractivity contribution is 0.587. The molecule has 0 aromatic carbocycles. The van der Waals surface area contributed by atoms with Crippen molar-refractivity contribution in [1.82, 2.24) is 9.97 Å². The Morgan fingerprint density at radius 1 is 1.21 bits per heavy atom. The molecule has 1 aromatic rings. The Kier molecular flexibility index (Phi) is 2.26. The molecule has 1 aliphatic carbocycles. The molecular weight excluding hydrogens is 200 g/mol. The van der Waals surface area contributed by atoms with Gasteiger partial charge < -0.3 is 0 Å². The molecule has 14 heavy (non-hydrogen) atoms. The summed E-state index contributed by atoms with van der Waals surface area (Å²) in [5, 5.41) is 0.224. The standard InChI is InChI=1S/C9H12N2O2S/c1-14(12,13)9-7-4-2-3-5-8(7)10-6-11-9/h6H,2-5H2,1H3. The normalized spacial score (nSPS) is 16.4. The number of hydrogen-bond acceptors (Lipinski definition) is 4. The van der Waals surface area contributed by atoms with E-state index in [2.05, 4.69) is 9.97 Å². The van der Waals surface area contributed by atoms with Crippen LogP contribution in [0.15, 0.2) is 11.4 Å². The third-order valence-electron chi connectivity index (χ3n) is 2.44. The number of rotatable bonds is 1. The van der Waals surface area contributed by atoms with E-state index in [0.717, 1.165) is 36.9 Å². The van der Waals surface area contributed by atoms with Gasteiger partial charge in [0, 0.05) is 17.5 Å². The molecule has 0 fully saturated rings. The lowest BCUT2D eigenvalue weighted by Crippen LogP contribution is -2.13. The van der Waals surface area contributed by atoms with Crippen molar-refractivity contribution in [3.05, 3.63) is 17.6 Å². The van der Waals surface area contributed by atoms with Gasteiger partial charge in [0.25, 0.3) is 0 Å². The zero-order chi connectivity index (χ0) is 10.2. The predicted octanol–water partition coefficient (Wildman–Crippen LogP) is 0.759. The summed E-state index contributed by atoms with van der Waals surface area (Å²) in [7, 11) is -3.20. The molecule has 0 spiro atoms. The highest BCUT2D eigenvalue weighted by Crippen LogP contribution is 2.23. The summed E-state index contributed by atoms with van der Waals surface area (Å²) in [6.07, 6.45) is 6.33. The first-order valence-electron chi connectivity index (χ1n) is 4.62. The van der Waals surface area contributed by atoms with E-state index in [4.69, 9.17) is 0 Å². The third kappa shape index (κ3) is 1.64. The second-order valence-electron chi connectivity index (χ2n) is 3.58. The van der Waals surface area contributed by atoms with Crippen molar-refractivity contribution in [2.75, 3.05) is 6.26 Å². The lowest BCUT2D eigenvalue weighted by Gasteiger charge is -2.15. The molecule has 0 bridgehead atoms. The van der Waals surface area contributed by atoms with Gasteiger partial charge in [-0.05, 0) is 25.7 Å². The van der Waals surface area contributed by atoms with Crippen LogP contribution in [0.4, 0.5) is 0 Å². The minimum atomic E-state index is -3.20. The molecule has 0 unspecified atom stereocenters. The number of hydrogen-bond donors (Lipinski definition) is 0. The van der Waals surface area contributed by atoms with Gasteiger partial charge in [0.15, 0.2) is 14.9 Å². The first-order chi connectivity index (χ1) is 6.59. The van der Waals surface area contributed by atoms with Crippen molar-refractivity contribution in [3.8, 4) is 0 Å². The van der Waals surface area contributed by atoms with Crippen LogP contribution in [0.5, 0.6) is 0 Å². The Bertz CT molecular complexity index is 454. The van der Waals surface area contributed by atoms with Crippen molar-refractivity contribution >= 4 is 9.84 Å². The van der Waals surface area contributed by atoms with Gasteiger partial charge >= 0.3 is 0 Å². The number of aryl methyl sites for hydroxylation is 1. The van der Waals surface area contributed by atoms with E-state index >= 15 is 0 Å². The molecule has 0 amide bonds. The Morgan fingerprint density at radius 3 is 2.64 bits per heavy atom. The van der Waals surface area contributed by atoms with Crippen LogP contribution in [0.3, 0.4) is 0 Å². The zero-order valence-electron chi connectivity index (χ0n) is 8.02. The van der Waals surface area contributed by atoms with E-state index in [-0.39, 0.29) is 5.03 Å². The van der Waals surface area contributed by atoms with Gasteiger partial charge in [-0.3, -0.25) is 0 Å². The van der Waals surface area contributed by atoms with E-state index < -0.39 is 9.84 Å². The molecule has 5 heteroatoms. The Hall–Kier alpha value is -0.970. The van der Waals surface area contributed by atoms with Crippen LogP contribution in [0.25, 0.3) is 0 Å². The molecule has 1 aliphatic rings. The topological polar surface area (TPSA) is 59.9 Å². The number of aromatic nitrogens is 2. The van der Waals surface area contributed by atoms with Crippen molar-refractivity contribution in [3.63, 3.8) is 0 Å². The Balaban J connectivity index is 2.62. The van der Waals surface area contributed by atoms with Crippen molar-refractivity contribution < 1.29 is 8.42 Å². The Morgan fingerprint density at radius 2 is 1.93 bits per heavy atom. The van der Waals surface area contributed by atoms with E-state index in [0.29, 0.717) is 0 Å². The summed E-state index contributed by atoms with van der Waals surface area (Å²) in [6.45, 7) is 0. The van der Waals surface area contributed by atoms with Gasteiger partial charge in [-0.2, -0.15) is 0 Å². The van der Waals surface area contributed by atoms with E-state index in [1.54, 1.807) is 0 Å². The van der Waals surface area contributed by atoms with Crippen molar-refractivity contribution in [1.29, 1.82) is 0 Å². The van der Waals surface area contributed by atoms with Gasteiger partial charge in [-0.15, -0.1) is 0 Å². The molecule has 0 radical (unpaired) electrons. The highest BCUT2D eigenvalue weighted by Gasteiger charge is 2.21. The zero-order valence-corrected chi connectivity index (χ0v) is 8.84. The van der Waals surface area contributed by atoms with E-state index in [1.165, 1.54) is 12.6 Å². The van der Waals surface area contributed by atoms with Gasteiger partial charge in [-0.25, -0.2) is 18.4 Å². The minimum absolute atomic E-state index is 0.224. The molecule has 0 N–H and O–H groups in total. The number of fused-ring (bicyclic) bond motifs is 1. The maximum absolute atomic E-state index is 11.4. The monoisotopic (exact) mass is 212 g/mol. The average Bonchev–Trinajstić information content (AvgIpc) is 2.15. The second-order valence-corrected chi connectivity index (χ2v) is 5.51. The van der Waals surface area contributed by atoms with Gasteiger partial charge in [0.05, 0.1) is 0 Å². The molecule has 0 atom stereocenters. The van der Waals surface area contributed by atoms with Crippen LogP contribution in [0.2, 0.25) is 0 Å². The highest BCUT2D eigenvalue weighted by atomic mass is 32.2. The van der Waals surface area contributed by atoms with E-state index in [9.17, 15) is 8.42 Å². The third-order valence-corrected chi connectivity index (χ3v) is 3.49. The fraction of sp³-hybridized carbons (Fsp3) is 0.556. The molecule has 4 nitrogen and oxygen atoms in total. The van der Waals surface area contributed by atoms with Gasteiger partial charge in [-0.1, -0.05) is 0 Å². The number of nitrogens with zero attached hydrogens (tertiary/aromatic N) is 2. The summed E-state index contributed by atoms with van der Waals surface area (Å²) in [5.41, 5.74) is 1.74. The van der Waals surface area contributed by atoms with Crippen LogP contribution in [-0.2, 0) is 22.7 Å². The van der Waals surface area contributed by atoms with E-state index in [1.807, 2.05) is 0 Å². The maximum Gasteiger partial charge on any atom is 0.193 e. The van der Waals surface area contributed by atoms with Gasteiger partial charge in [0.2, 0.25) is 0 Å². The molecule has 76 valence electrons. The SMILES string of the molecule is CS(=O)(=O)c1ncnc2c1CCCC2. The molecule has 0 saturated carbocycles. The minimum Gasteiger partial charge on any atom is -0.241 e. The quantitative estimate of drug-likeness (QED) is 0.645. The fourth-order valence-electron chi connectivity index (χ4n) is 1.81. The first-order valence-corrected chi connectivity index (χ1v) is 6.51. The summed E-state index contributed by atoms with van der Waals surface area (Å²) in [6, 6.07) is 0. The lowest BCUT2D eigenvalue weighted by atomic mass is 9.98. The molecule has 1 aromatic heterocycles. The summed E-state index contributed by atoms with van der Waals surface area (Å²) in [5.74, 6) is 0. The summed E-state index contributed by atoms with van der Waals surface area (Å²) < 4.78 is 22.8. The molecule has 1 heterocycles. The average molecular weight is 212 g/mol. The van der Waals surface area contributed by atoms with Crippen LogP contribution in [0, 0.1) is 0 Å². The smallest absolute Gasteiger partial charge is 0.193 e. The van der Waals surface area contributed by atoms with Crippen molar-refractivity contribution in [2.24, 2.45) is 0 Å². The fourth-order valence-corrected chi connectivity index (χ4v) is 2.72. The van der Waals surface area contributed by atoms with Crippen LogP contribution in [0.1, 0.15) is 24.1 Å². The van der Waals surface area contributed by atoms with Gasteiger partial charge in [0.1, 0.15) is 6.33 Å². The highest BCUT2D eigenvalue weighted by molar-refractivity contribution is 7.90. The largest absolute Gasteiger partial charge is 0.241 e. The maximum atomic E-state index is 11.4.